The number of aromatic hydroxyl groups is 2. The van der Waals surface area contributed by atoms with E-state index >= 15 is 0 Å². The van der Waals surface area contributed by atoms with Crippen molar-refractivity contribution in [2.24, 2.45) is 5.16 Å². The molecule has 3 amide bonds. The third kappa shape index (κ3) is 8.79. The molecule has 0 spiro atoms. The number of amides is 3. The van der Waals surface area contributed by atoms with E-state index in [4.69, 9.17) is 10.6 Å². The molecule has 0 bridgehead atoms. The minimum Gasteiger partial charge on any atom is -0.504 e. The minimum absolute atomic E-state index is 0.000703. The number of phenols is 2. The van der Waals surface area contributed by atoms with Crippen LogP contribution in [0, 0.1) is 0 Å². The number of unbranched alkanes of at least 4 members (excludes halogenated alkanes) is 2. The molecular formula is C30H38N8O10S2. The lowest BCUT2D eigenvalue weighted by Gasteiger charge is -2.49. The highest BCUT2D eigenvalue weighted by atomic mass is 32.2. The van der Waals surface area contributed by atoms with Gasteiger partial charge >= 0.3 is 11.9 Å². The maximum Gasteiger partial charge on any atom is 0.352 e. The first kappa shape index (κ1) is 37.9. The molecule has 2 aliphatic heterocycles. The number of hydrogen-bond acceptors (Lipinski definition) is 15. The van der Waals surface area contributed by atoms with Crippen molar-refractivity contribution < 1.29 is 49.2 Å². The van der Waals surface area contributed by atoms with Gasteiger partial charge in [0, 0.05) is 42.5 Å². The number of benzene rings is 1. The third-order valence-corrected chi connectivity index (χ3v) is 9.61. The number of aromatic nitrogens is 2. The smallest absolute Gasteiger partial charge is 0.352 e. The Labute approximate surface area is 294 Å². The predicted octanol–water partition coefficient (Wildman–Crippen LogP) is 0.776. The lowest BCUT2D eigenvalue weighted by molar-refractivity contribution is -0.161. The number of nitrogens with two attached hydrogens (primary N) is 1. The molecule has 2 atom stereocenters. The normalized spacial score (nSPS) is 17.6. The molecule has 0 radical (unpaired) electrons. The van der Waals surface area contributed by atoms with Gasteiger partial charge in [-0.05, 0) is 50.6 Å². The van der Waals surface area contributed by atoms with Crippen LogP contribution in [0.5, 0.6) is 11.5 Å². The number of fused-ring (bicyclic) bond motifs is 1. The van der Waals surface area contributed by atoms with Crippen LogP contribution >= 0.6 is 23.3 Å². The summed E-state index contributed by atoms with van der Waals surface area (Å²) in [6.07, 6.45) is 2.69. The largest absolute Gasteiger partial charge is 0.504 e. The van der Waals surface area contributed by atoms with Gasteiger partial charge in [-0.1, -0.05) is 24.9 Å². The second-order valence-corrected chi connectivity index (χ2v) is 13.8. The fraction of sp³-hybridized carbons (Fsp3) is 0.467. The number of nitrogens with one attached hydrogen (secondary N) is 2. The quantitative estimate of drug-likeness (QED) is 0.0389. The molecule has 1 fully saturated rings. The summed E-state index contributed by atoms with van der Waals surface area (Å²) in [6.45, 7) is 5.83. The number of carbonyl (C=O) groups excluding carboxylic acids is 3. The van der Waals surface area contributed by atoms with Crippen LogP contribution in [-0.2, 0) is 24.0 Å². The molecule has 8 N–H and O–H groups in total. The molecule has 50 heavy (non-hydrogen) atoms. The van der Waals surface area contributed by atoms with Gasteiger partial charge in [-0.2, -0.15) is 9.36 Å². The number of nitrogen functional groups attached to an aromatic ring is 1. The summed E-state index contributed by atoms with van der Waals surface area (Å²) in [5.74, 6) is -5.57. The number of oxime groups is 1. The average molecular weight is 735 g/mol. The van der Waals surface area contributed by atoms with E-state index in [1.807, 2.05) is 11.8 Å². The van der Waals surface area contributed by atoms with Crippen LogP contribution < -0.4 is 16.4 Å². The Balaban J connectivity index is 1.47. The third-order valence-electron chi connectivity index (χ3n) is 7.73. The molecule has 20 heteroatoms. The molecule has 270 valence electrons. The van der Waals surface area contributed by atoms with E-state index in [0.717, 1.165) is 41.8 Å². The number of phenolic OH excluding ortho intramolecular Hbond substituents is 2. The first-order chi connectivity index (χ1) is 23.6. The van der Waals surface area contributed by atoms with E-state index < -0.39 is 58.1 Å². The van der Waals surface area contributed by atoms with Crippen molar-refractivity contribution >= 4 is 63.8 Å². The Morgan fingerprint density at radius 1 is 1.16 bits per heavy atom. The molecule has 0 aliphatic carbocycles. The van der Waals surface area contributed by atoms with Crippen molar-refractivity contribution in [2.45, 2.75) is 57.1 Å². The highest BCUT2D eigenvalue weighted by molar-refractivity contribution is 8.00. The highest BCUT2D eigenvalue weighted by Crippen LogP contribution is 2.40. The first-order valence-electron chi connectivity index (χ1n) is 15.5. The second-order valence-electron chi connectivity index (χ2n) is 11.9. The summed E-state index contributed by atoms with van der Waals surface area (Å²) in [7, 11) is 0. The van der Waals surface area contributed by atoms with Gasteiger partial charge in [0.1, 0.15) is 17.1 Å². The molecule has 1 aromatic heterocycles. The van der Waals surface area contributed by atoms with Crippen molar-refractivity contribution in [3.05, 3.63) is 40.9 Å². The van der Waals surface area contributed by atoms with Gasteiger partial charge in [0.05, 0.1) is 0 Å². The Bertz CT molecular complexity index is 1710. The number of thioether (sulfide) groups is 1. The van der Waals surface area contributed by atoms with Gasteiger partial charge < -0.3 is 41.6 Å². The maximum absolute atomic E-state index is 13.4. The molecule has 0 saturated carbocycles. The predicted molar refractivity (Wildman–Crippen MR) is 181 cm³/mol. The fourth-order valence-electron chi connectivity index (χ4n) is 4.95. The van der Waals surface area contributed by atoms with Crippen LogP contribution in [0.1, 0.15) is 56.2 Å². The van der Waals surface area contributed by atoms with E-state index in [-0.39, 0.29) is 46.8 Å². The summed E-state index contributed by atoms with van der Waals surface area (Å²) in [5, 5.41) is 47.0. The van der Waals surface area contributed by atoms with Gasteiger partial charge in [-0.3, -0.25) is 24.2 Å². The lowest BCUT2D eigenvalue weighted by atomic mass is 10.0. The van der Waals surface area contributed by atoms with E-state index in [0.29, 0.717) is 18.7 Å². The molecule has 2 aliphatic rings. The number of hydrogen-bond donors (Lipinski definition) is 7. The first-order valence-corrected chi connectivity index (χ1v) is 17.3. The number of nitrogens with zero attached hydrogens (tertiary/aromatic N) is 5. The van der Waals surface area contributed by atoms with Crippen molar-refractivity contribution in [2.75, 3.05) is 37.7 Å². The topological polar surface area (TPSA) is 270 Å². The second kappa shape index (κ2) is 16.2. The molecule has 3 heterocycles. The summed E-state index contributed by atoms with van der Waals surface area (Å²) in [5.41, 5.74) is 3.76. The molecule has 4 rings (SSSR count). The van der Waals surface area contributed by atoms with Gasteiger partial charge in [-0.25, -0.2) is 9.59 Å². The number of aliphatic carboxylic acids is 2. The molecule has 1 aromatic carbocycles. The highest BCUT2D eigenvalue weighted by Gasteiger charge is 2.54. The lowest BCUT2D eigenvalue weighted by Crippen LogP contribution is -2.71. The van der Waals surface area contributed by atoms with Crippen LogP contribution in [-0.4, -0.2) is 124 Å². The molecule has 2 aromatic rings. The Morgan fingerprint density at radius 3 is 2.52 bits per heavy atom. The molecule has 18 nitrogen and oxygen atoms in total. The number of β-lactam (4-membered cyclic amide) rings is 1. The zero-order chi connectivity index (χ0) is 36.7. The van der Waals surface area contributed by atoms with Gasteiger partial charge in [-0.15, -0.1) is 11.8 Å². The van der Waals surface area contributed by atoms with E-state index in [1.54, 1.807) is 0 Å². The Morgan fingerprint density at radius 2 is 1.90 bits per heavy atom. The monoisotopic (exact) mass is 734 g/mol. The SMILES string of the molecule is CCCCCN(CCNC(=O)c1ccc(O)c(O)c1)CC1=C(C(=O)O)N2C(=O)C(NC(=O)/C(=N\OC(C)(C)C(=O)O)c3nsc(N)n3)C2SC1. The zero-order valence-corrected chi connectivity index (χ0v) is 29.0. The standard InChI is InChI=1S/C30H38N8O10S2/c1-4-5-6-10-37(11-9-32-23(41)15-7-8-17(39)18(40)12-15)13-16-14-49-26-20(25(43)38(26)21(16)27(44)45)33-24(42)19(22-34-29(31)50-36-22)35-48-30(2,3)28(46)47/h7-8,12,20,26,39-40H,4-6,9-11,13-14H2,1-3H3,(H,32,41)(H,33,42)(H,44,45)(H,46,47)(H2,31,34,36)/b35-19-. The Kier molecular flexibility index (Phi) is 12.2. The van der Waals surface area contributed by atoms with E-state index in [1.165, 1.54) is 37.7 Å². The molecular weight excluding hydrogens is 697 g/mol. The van der Waals surface area contributed by atoms with Gasteiger partial charge in [0.15, 0.2) is 16.6 Å². The van der Waals surface area contributed by atoms with Crippen LogP contribution in [0.2, 0.25) is 0 Å². The molecule has 2 unspecified atom stereocenters. The number of carboxylic acid groups (broad SMARTS) is 2. The summed E-state index contributed by atoms with van der Waals surface area (Å²) in [6, 6.07) is 2.58. The van der Waals surface area contributed by atoms with Crippen molar-refractivity contribution in [3.63, 3.8) is 0 Å². The average Bonchev–Trinajstić information content (AvgIpc) is 3.49. The summed E-state index contributed by atoms with van der Waals surface area (Å²) in [4.78, 5) is 75.5. The summed E-state index contributed by atoms with van der Waals surface area (Å²) >= 11 is 2.02. The van der Waals surface area contributed by atoms with E-state index in [2.05, 4.69) is 25.1 Å². The maximum atomic E-state index is 13.4. The fourth-order valence-corrected chi connectivity index (χ4v) is 6.72. The number of carboxylic acids is 2. The summed E-state index contributed by atoms with van der Waals surface area (Å²) < 4.78 is 3.94. The Hall–Kier alpha value is -4.95. The van der Waals surface area contributed by atoms with Crippen LogP contribution in [0.15, 0.2) is 34.6 Å². The molecule has 1 saturated heterocycles. The number of carbonyl (C=O) groups is 5. The number of anilines is 1. The zero-order valence-electron chi connectivity index (χ0n) is 27.4. The van der Waals surface area contributed by atoms with Crippen LogP contribution in [0.25, 0.3) is 0 Å². The van der Waals surface area contributed by atoms with Gasteiger partial charge in [0.25, 0.3) is 17.7 Å². The van der Waals surface area contributed by atoms with Crippen LogP contribution in [0.3, 0.4) is 0 Å². The van der Waals surface area contributed by atoms with Crippen LogP contribution in [0.4, 0.5) is 5.13 Å². The van der Waals surface area contributed by atoms with Crippen molar-refractivity contribution in [1.82, 2.24) is 29.8 Å². The van der Waals surface area contributed by atoms with Crippen molar-refractivity contribution in [3.8, 4) is 11.5 Å². The number of rotatable bonds is 17. The minimum atomic E-state index is -1.82. The van der Waals surface area contributed by atoms with Gasteiger partial charge in [0.2, 0.25) is 17.1 Å². The van der Waals surface area contributed by atoms with E-state index in [9.17, 15) is 44.4 Å². The van der Waals surface area contributed by atoms with Crippen molar-refractivity contribution in [1.29, 1.82) is 0 Å².